The highest BCUT2D eigenvalue weighted by atomic mass is 35.5. The summed E-state index contributed by atoms with van der Waals surface area (Å²) in [6, 6.07) is 6.64. The summed E-state index contributed by atoms with van der Waals surface area (Å²) in [7, 11) is 0. The van der Waals surface area contributed by atoms with Crippen LogP contribution in [0.3, 0.4) is 0 Å². The van der Waals surface area contributed by atoms with E-state index >= 15 is 0 Å². The predicted octanol–water partition coefficient (Wildman–Crippen LogP) is 2.44. The van der Waals surface area contributed by atoms with E-state index in [9.17, 15) is 9.59 Å². The molecule has 0 fully saturated rings. The van der Waals surface area contributed by atoms with Gasteiger partial charge in [0, 0.05) is 16.2 Å². The monoisotopic (exact) mass is 250 g/mol. The lowest BCUT2D eigenvalue weighted by atomic mass is 9.97. The largest absolute Gasteiger partial charge is 0.366 e. The van der Waals surface area contributed by atoms with E-state index in [1.807, 2.05) is 0 Å². The first-order valence-electron chi connectivity index (χ1n) is 5.24. The van der Waals surface area contributed by atoms with Crippen LogP contribution in [0.5, 0.6) is 0 Å². The molecule has 0 bridgehead atoms. The van der Waals surface area contributed by atoms with Crippen LogP contribution in [0, 0.1) is 0 Å². The Bertz CT molecular complexity index is 505. The summed E-state index contributed by atoms with van der Waals surface area (Å²) in [5, 5.41) is 0.493. The summed E-state index contributed by atoms with van der Waals surface area (Å²) < 4.78 is 5.20. The fourth-order valence-corrected chi connectivity index (χ4v) is 1.87. The normalized spacial score (nSPS) is 20.0. The van der Waals surface area contributed by atoms with Crippen LogP contribution in [0.15, 0.2) is 35.9 Å². The molecule has 1 unspecified atom stereocenters. The Morgan fingerprint density at radius 3 is 2.94 bits per heavy atom. The van der Waals surface area contributed by atoms with Crippen LogP contribution in [0.4, 0.5) is 0 Å². The maximum Gasteiger partial charge on any atom is 0.191 e. The molecular weight excluding hydrogens is 240 g/mol. The maximum atomic E-state index is 12.1. The summed E-state index contributed by atoms with van der Waals surface area (Å²) in [6.07, 6.45) is 0.997. The number of rotatable bonds is 2. The maximum absolute atomic E-state index is 12.1. The van der Waals surface area contributed by atoms with E-state index in [2.05, 4.69) is 0 Å². The molecule has 1 aliphatic rings. The van der Waals surface area contributed by atoms with Gasteiger partial charge in [0.15, 0.2) is 11.6 Å². The molecule has 0 radical (unpaired) electrons. The molecule has 1 atom stereocenters. The molecular formula is C13H11ClO3. The lowest BCUT2D eigenvalue weighted by Gasteiger charge is -2.19. The number of halogens is 1. The molecule has 88 valence electrons. The predicted molar refractivity (Wildman–Crippen MR) is 64.3 cm³/mol. The number of hydrogen-bond acceptors (Lipinski definition) is 3. The lowest BCUT2D eigenvalue weighted by molar-refractivity contribution is -0.121. The molecule has 1 heterocycles. The van der Waals surface area contributed by atoms with Gasteiger partial charge in [0.2, 0.25) is 0 Å². The standard InChI is InChI=1S/C13H11ClO3/c1-8-12(6-11(15)7-17-8)13(16)9-3-2-4-10(14)5-9/h2-6,8H,7H2,1H3. The van der Waals surface area contributed by atoms with Gasteiger partial charge < -0.3 is 4.74 Å². The Kier molecular flexibility index (Phi) is 3.41. The topological polar surface area (TPSA) is 43.4 Å². The van der Waals surface area contributed by atoms with Gasteiger partial charge in [-0.15, -0.1) is 0 Å². The van der Waals surface area contributed by atoms with Gasteiger partial charge in [-0.2, -0.15) is 0 Å². The van der Waals surface area contributed by atoms with Gasteiger partial charge in [-0.3, -0.25) is 9.59 Å². The Morgan fingerprint density at radius 1 is 1.47 bits per heavy atom. The Morgan fingerprint density at radius 2 is 2.24 bits per heavy atom. The molecule has 1 aromatic rings. The zero-order chi connectivity index (χ0) is 12.4. The summed E-state index contributed by atoms with van der Waals surface area (Å²) in [5.74, 6) is -0.401. The number of carbonyl (C=O) groups is 2. The second kappa shape index (κ2) is 4.82. The third-order valence-electron chi connectivity index (χ3n) is 2.58. The fourth-order valence-electron chi connectivity index (χ4n) is 1.68. The van der Waals surface area contributed by atoms with Crippen molar-refractivity contribution in [3.8, 4) is 0 Å². The molecule has 4 heteroatoms. The van der Waals surface area contributed by atoms with Crippen molar-refractivity contribution in [1.82, 2.24) is 0 Å². The molecule has 0 saturated heterocycles. The second-order valence-electron chi connectivity index (χ2n) is 3.86. The molecule has 0 saturated carbocycles. The molecule has 17 heavy (non-hydrogen) atoms. The van der Waals surface area contributed by atoms with Crippen molar-refractivity contribution in [2.24, 2.45) is 0 Å². The highest BCUT2D eigenvalue weighted by molar-refractivity contribution is 6.31. The Labute approximate surface area is 104 Å². The number of ketones is 2. The lowest BCUT2D eigenvalue weighted by Crippen LogP contribution is -2.27. The summed E-state index contributed by atoms with van der Waals surface area (Å²) in [5.41, 5.74) is 0.845. The SMILES string of the molecule is CC1OCC(=O)C=C1C(=O)c1cccc(Cl)c1. The number of benzene rings is 1. The Hall–Kier alpha value is -1.45. The number of Topliss-reactive ketones (excluding diaryl/α,β-unsaturated/α-hetero) is 1. The first-order chi connectivity index (χ1) is 8.08. The number of carbonyl (C=O) groups excluding carboxylic acids is 2. The van der Waals surface area contributed by atoms with Crippen LogP contribution in [-0.2, 0) is 9.53 Å². The highest BCUT2D eigenvalue weighted by Gasteiger charge is 2.24. The molecule has 1 aliphatic heterocycles. The quantitative estimate of drug-likeness (QED) is 0.758. The van der Waals surface area contributed by atoms with Gasteiger partial charge in [-0.25, -0.2) is 0 Å². The fraction of sp³-hybridized carbons (Fsp3) is 0.231. The van der Waals surface area contributed by atoms with Crippen molar-refractivity contribution >= 4 is 23.2 Å². The smallest absolute Gasteiger partial charge is 0.191 e. The minimum absolute atomic E-state index is 0.0352. The van der Waals surface area contributed by atoms with Crippen molar-refractivity contribution in [3.63, 3.8) is 0 Å². The van der Waals surface area contributed by atoms with Crippen molar-refractivity contribution in [1.29, 1.82) is 0 Å². The number of hydrogen-bond donors (Lipinski definition) is 0. The first kappa shape index (κ1) is 12.0. The summed E-state index contributed by atoms with van der Waals surface area (Å²) in [6.45, 7) is 1.79. The third-order valence-corrected chi connectivity index (χ3v) is 2.81. The van der Waals surface area contributed by atoms with E-state index < -0.39 is 0 Å². The Balaban J connectivity index is 2.34. The van der Waals surface area contributed by atoms with Crippen LogP contribution in [-0.4, -0.2) is 24.3 Å². The van der Waals surface area contributed by atoms with E-state index in [0.29, 0.717) is 16.2 Å². The van der Waals surface area contributed by atoms with Crippen LogP contribution in [0.1, 0.15) is 17.3 Å². The minimum Gasteiger partial charge on any atom is -0.366 e. The van der Waals surface area contributed by atoms with Crippen molar-refractivity contribution < 1.29 is 14.3 Å². The van der Waals surface area contributed by atoms with Gasteiger partial charge in [0.05, 0.1) is 6.10 Å². The molecule has 1 aromatic carbocycles. The van der Waals surface area contributed by atoms with Crippen molar-refractivity contribution in [2.75, 3.05) is 6.61 Å². The van der Waals surface area contributed by atoms with Crippen molar-refractivity contribution in [2.45, 2.75) is 13.0 Å². The molecule has 0 spiro atoms. The molecule has 0 N–H and O–H groups in total. The molecule has 3 nitrogen and oxygen atoms in total. The van der Waals surface area contributed by atoms with E-state index in [0.717, 1.165) is 0 Å². The van der Waals surface area contributed by atoms with E-state index in [4.69, 9.17) is 16.3 Å². The van der Waals surface area contributed by atoms with E-state index in [-0.39, 0.29) is 24.3 Å². The third kappa shape index (κ3) is 2.62. The molecule has 2 rings (SSSR count). The zero-order valence-corrected chi connectivity index (χ0v) is 10.0. The van der Waals surface area contributed by atoms with Gasteiger partial charge in [0.1, 0.15) is 6.61 Å². The van der Waals surface area contributed by atoms with Gasteiger partial charge >= 0.3 is 0 Å². The van der Waals surface area contributed by atoms with Crippen LogP contribution in [0.2, 0.25) is 5.02 Å². The first-order valence-corrected chi connectivity index (χ1v) is 5.62. The minimum atomic E-state index is -0.362. The average Bonchev–Trinajstić information content (AvgIpc) is 2.31. The van der Waals surface area contributed by atoms with Gasteiger partial charge in [-0.1, -0.05) is 23.7 Å². The van der Waals surface area contributed by atoms with E-state index in [1.165, 1.54) is 6.08 Å². The molecule has 0 amide bonds. The van der Waals surface area contributed by atoms with Crippen molar-refractivity contribution in [3.05, 3.63) is 46.5 Å². The molecule has 0 aliphatic carbocycles. The van der Waals surface area contributed by atoms with Crippen LogP contribution >= 0.6 is 11.6 Å². The van der Waals surface area contributed by atoms with Crippen LogP contribution in [0.25, 0.3) is 0 Å². The molecule has 0 aromatic heterocycles. The summed E-state index contributed by atoms with van der Waals surface area (Å²) in [4.78, 5) is 23.4. The van der Waals surface area contributed by atoms with E-state index in [1.54, 1.807) is 31.2 Å². The zero-order valence-electron chi connectivity index (χ0n) is 9.27. The van der Waals surface area contributed by atoms with Gasteiger partial charge in [0.25, 0.3) is 0 Å². The van der Waals surface area contributed by atoms with Gasteiger partial charge in [-0.05, 0) is 25.1 Å². The second-order valence-corrected chi connectivity index (χ2v) is 4.30. The average molecular weight is 251 g/mol. The number of ether oxygens (including phenoxy) is 1. The highest BCUT2D eigenvalue weighted by Crippen LogP contribution is 2.20. The van der Waals surface area contributed by atoms with Crippen LogP contribution < -0.4 is 0 Å². The summed E-state index contributed by atoms with van der Waals surface area (Å²) >= 11 is 5.82.